The molecule has 0 aliphatic carbocycles. The zero-order valence-corrected chi connectivity index (χ0v) is 15.6. The highest BCUT2D eigenvalue weighted by Crippen LogP contribution is 2.39. The predicted octanol–water partition coefficient (Wildman–Crippen LogP) is 4.68. The van der Waals surface area contributed by atoms with Gasteiger partial charge in [-0.2, -0.15) is 0 Å². The molecule has 0 fully saturated rings. The molecule has 1 aliphatic heterocycles. The van der Waals surface area contributed by atoms with E-state index in [9.17, 15) is 4.79 Å². The molecule has 1 unspecified atom stereocenters. The number of fused-ring (bicyclic) bond motifs is 1. The van der Waals surface area contributed by atoms with Crippen molar-refractivity contribution in [3.8, 4) is 0 Å². The van der Waals surface area contributed by atoms with Crippen molar-refractivity contribution in [1.82, 2.24) is 4.90 Å². The first-order valence-corrected chi connectivity index (χ1v) is 9.25. The number of esters is 1. The van der Waals surface area contributed by atoms with E-state index in [4.69, 9.17) is 16.3 Å². The number of halogens is 1. The molecule has 1 atom stereocenters. The SMILES string of the molecule is CCN(CC)CCC1(c2ccc(Cl)cc2)Cc2ccccc2C(=O)O1. The van der Waals surface area contributed by atoms with Crippen molar-refractivity contribution in [1.29, 1.82) is 0 Å². The summed E-state index contributed by atoms with van der Waals surface area (Å²) >= 11 is 6.06. The van der Waals surface area contributed by atoms with Crippen molar-refractivity contribution in [3.63, 3.8) is 0 Å². The van der Waals surface area contributed by atoms with E-state index in [-0.39, 0.29) is 5.97 Å². The van der Waals surface area contributed by atoms with E-state index >= 15 is 0 Å². The Labute approximate surface area is 154 Å². The van der Waals surface area contributed by atoms with E-state index in [0.717, 1.165) is 37.2 Å². The molecular weight excluding hydrogens is 334 g/mol. The smallest absolute Gasteiger partial charge is 0.339 e. The average Bonchev–Trinajstić information content (AvgIpc) is 2.63. The molecule has 0 bridgehead atoms. The number of hydrogen-bond acceptors (Lipinski definition) is 3. The minimum atomic E-state index is -0.640. The lowest BCUT2D eigenvalue weighted by Crippen LogP contribution is -2.42. The third-order valence-corrected chi connectivity index (χ3v) is 5.35. The van der Waals surface area contributed by atoms with Gasteiger partial charge in [0, 0.05) is 24.4 Å². The largest absolute Gasteiger partial charge is 0.450 e. The van der Waals surface area contributed by atoms with E-state index in [2.05, 4.69) is 18.7 Å². The predicted molar refractivity (Wildman–Crippen MR) is 101 cm³/mol. The molecule has 0 radical (unpaired) electrons. The fourth-order valence-electron chi connectivity index (χ4n) is 3.53. The van der Waals surface area contributed by atoms with Crippen molar-refractivity contribution in [3.05, 3.63) is 70.2 Å². The van der Waals surface area contributed by atoms with Crippen LogP contribution in [-0.4, -0.2) is 30.5 Å². The Morgan fingerprint density at radius 2 is 1.76 bits per heavy atom. The molecule has 132 valence electrons. The third kappa shape index (κ3) is 3.73. The van der Waals surface area contributed by atoms with Crippen LogP contribution in [-0.2, 0) is 16.8 Å². The van der Waals surface area contributed by atoms with Crippen molar-refractivity contribution < 1.29 is 9.53 Å². The topological polar surface area (TPSA) is 29.5 Å². The van der Waals surface area contributed by atoms with E-state index in [0.29, 0.717) is 17.0 Å². The van der Waals surface area contributed by atoms with Gasteiger partial charge in [-0.05, 0) is 42.4 Å². The van der Waals surface area contributed by atoms with E-state index in [1.807, 2.05) is 48.5 Å². The van der Waals surface area contributed by atoms with E-state index in [1.165, 1.54) is 0 Å². The Balaban J connectivity index is 1.98. The second-order valence-corrected chi connectivity index (χ2v) is 6.94. The lowest BCUT2D eigenvalue weighted by atomic mass is 9.80. The summed E-state index contributed by atoms with van der Waals surface area (Å²) in [6.45, 7) is 7.15. The third-order valence-electron chi connectivity index (χ3n) is 5.10. The maximum absolute atomic E-state index is 12.7. The highest BCUT2D eigenvalue weighted by molar-refractivity contribution is 6.30. The number of nitrogens with zero attached hydrogens (tertiary/aromatic N) is 1. The molecule has 3 nitrogen and oxygen atoms in total. The first-order valence-electron chi connectivity index (χ1n) is 8.87. The van der Waals surface area contributed by atoms with Crippen molar-refractivity contribution in [2.45, 2.75) is 32.3 Å². The molecule has 0 spiro atoms. The van der Waals surface area contributed by atoms with Crippen LogP contribution >= 0.6 is 11.6 Å². The maximum Gasteiger partial charge on any atom is 0.339 e. The molecule has 1 heterocycles. The Hall–Kier alpha value is -1.84. The van der Waals surface area contributed by atoms with Gasteiger partial charge in [-0.1, -0.05) is 55.8 Å². The van der Waals surface area contributed by atoms with Crippen LogP contribution in [0.1, 0.15) is 41.8 Å². The lowest BCUT2D eigenvalue weighted by molar-refractivity contribution is -0.0366. The summed E-state index contributed by atoms with van der Waals surface area (Å²) in [6.07, 6.45) is 1.45. The second kappa shape index (κ2) is 7.59. The average molecular weight is 358 g/mol. The number of carbonyl (C=O) groups excluding carboxylic acids is 1. The normalized spacial score (nSPS) is 19.6. The lowest BCUT2D eigenvalue weighted by Gasteiger charge is -2.39. The number of rotatable bonds is 6. The fraction of sp³-hybridized carbons (Fsp3) is 0.381. The molecule has 0 N–H and O–H groups in total. The summed E-state index contributed by atoms with van der Waals surface area (Å²) in [6, 6.07) is 15.4. The Morgan fingerprint density at radius 3 is 2.44 bits per heavy atom. The molecular formula is C21H24ClNO2. The summed E-state index contributed by atoms with van der Waals surface area (Å²) < 4.78 is 6.06. The van der Waals surface area contributed by atoms with Crippen LogP contribution in [0, 0.1) is 0 Å². The first-order chi connectivity index (χ1) is 12.1. The number of cyclic esters (lactones) is 1. The summed E-state index contributed by atoms with van der Waals surface area (Å²) in [4.78, 5) is 15.0. The van der Waals surface area contributed by atoms with Gasteiger partial charge in [-0.3, -0.25) is 0 Å². The minimum Gasteiger partial charge on any atom is -0.450 e. The van der Waals surface area contributed by atoms with E-state index < -0.39 is 5.60 Å². The summed E-state index contributed by atoms with van der Waals surface area (Å²) in [5.74, 6) is -0.239. The Bertz CT molecular complexity index is 740. The van der Waals surface area contributed by atoms with Crippen molar-refractivity contribution in [2.24, 2.45) is 0 Å². The van der Waals surface area contributed by atoms with Crippen LogP contribution in [0.2, 0.25) is 5.02 Å². The van der Waals surface area contributed by atoms with Crippen LogP contribution in [0.25, 0.3) is 0 Å². The quantitative estimate of drug-likeness (QED) is 0.703. The van der Waals surface area contributed by atoms with Gasteiger partial charge in [0.15, 0.2) is 0 Å². The van der Waals surface area contributed by atoms with E-state index in [1.54, 1.807) is 0 Å². The first kappa shape index (κ1) is 18.0. The van der Waals surface area contributed by atoms with Crippen LogP contribution < -0.4 is 0 Å². The molecule has 25 heavy (non-hydrogen) atoms. The number of benzene rings is 2. The molecule has 1 aliphatic rings. The zero-order valence-electron chi connectivity index (χ0n) is 14.8. The van der Waals surface area contributed by atoms with Crippen LogP contribution in [0.15, 0.2) is 48.5 Å². The molecule has 4 heteroatoms. The number of hydrogen-bond donors (Lipinski definition) is 0. The number of carbonyl (C=O) groups is 1. The van der Waals surface area contributed by atoms with Crippen LogP contribution in [0.5, 0.6) is 0 Å². The fourth-order valence-corrected chi connectivity index (χ4v) is 3.65. The van der Waals surface area contributed by atoms with Gasteiger partial charge in [0.1, 0.15) is 5.60 Å². The number of ether oxygens (including phenoxy) is 1. The summed E-state index contributed by atoms with van der Waals surface area (Å²) in [7, 11) is 0. The molecule has 2 aromatic carbocycles. The molecule has 0 amide bonds. The van der Waals surface area contributed by atoms with Gasteiger partial charge in [0.05, 0.1) is 5.56 Å². The van der Waals surface area contributed by atoms with Gasteiger partial charge in [-0.15, -0.1) is 0 Å². The van der Waals surface area contributed by atoms with Crippen LogP contribution in [0.4, 0.5) is 0 Å². The second-order valence-electron chi connectivity index (χ2n) is 6.50. The van der Waals surface area contributed by atoms with Gasteiger partial charge in [0.25, 0.3) is 0 Å². The Kier molecular flexibility index (Phi) is 5.45. The Morgan fingerprint density at radius 1 is 1.08 bits per heavy atom. The van der Waals surface area contributed by atoms with Gasteiger partial charge in [0.2, 0.25) is 0 Å². The summed E-state index contributed by atoms with van der Waals surface area (Å²) in [5, 5.41) is 0.685. The van der Waals surface area contributed by atoms with Gasteiger partial charge in [-0.25, -0.2) is 4.79 Å². The molecule has 3 rings (SSSR count). The zero-order chi connectivity index (χ0) is 17.9. The monoisotopic (exact) mass is 357 g/mol. The molecule has 0 saturated carbocycles. The van der Waals surface area contributed by atoms with Gasteiger partial charge < -0.3 is 9.64 Å². The highest BCUT2D eigenvalue weighted by atomic mass is 35.5. The standard InChI is InChI=1S/C21H24ClNO2/c1-3-23(4-2)14-13-21(17-9-11-18(22)12-10-17)15-16-7-5-6-8-19(16)20(24)25-21/h5-12H,3-4,13-15H2,1-2H3. The molecule has 2 aromatic rings. The highest BCUT2D eigenvalue weighted by Gasteiger charge is 2.41. The minimum absolute atomic E-state index is 0.239. The summed E-state index contributed by atoms with van der Waals surface area (Å²) in [5.41, 5.74) is 2.09. The van der Waals surface area contributed by atoms with Crippen LogP contribution in [0.3, 0.4) is 0 Å². The van der Waals surface area contributed by atoms with Crippen molar-refractivity contribution >= 4 is 17.6 Å². The molecule has 0 saturated heterocycles. The van der Waals surface area contributed by atoms with Gasteiger partial charge >= 0.3 is 5.97 Å². The maximum atomic E-state index is 12.7. The van der Waals surface area contributed by atoms with Crippen molar-refractivity contribution in [2.75, 3.05) is 19.6 Å². The molecule has 0 aromatic heterocycles.